The van der Waals surface area contributed by atoms with E-state index in [-0.39, 0.29) is 0 Å². The molecule has 0 aliphatic carbocycles. The molecule has 1 heterocycles. The topological polar surface area (TPSA) is 41.6 Å². The van der Waals surface area contributed by atoms with Gasteiger partial charge in [0.05, 0.1) is 0 Å². The number of hydrogen-bond donors (Lipinski definition) is 1. The van der Waals surface area contributed by atoms with Crippen LogP contribution in [0.25, 0.3) is 0 Å². The van der Waals surface area contributed by atoms with Crippen LogP contribution in [-0.4, -0.2) is 15.2 Å². The maximum absolute atomic E-state index is 4.31. The quantitative estimate of drug-likeness (QED) is 0.927. The minimum absolute atomic E-state index is 0.296. The third-order valence-corrected chi connectivity index (χ3v) is 2.77. The van der Waals surface area contributed by atoms with Crippen molar-refractivity contribution in [1.82, 2.24) is 15.2 Å². The highest BCUT2D eigenvalue weighted by Crippen LogP contribution is 2.25. The number of hydrogen-bond acceptors (Lipinski definition) is 2. The Kier molecular flexibility index (Phi) is 3.16. The van der Waals surface area contributed by atoms with Crippen LogP contribution in [0.5, 0.6) is 0 Å². The zero-order valence-corrected chi connectivity index (χ0v) is 10.0. The SMILES string of the molecule is CCC(c1ccccc1)c1nc(Br)n[nH]1. The van der Waals surface area contributed by atoms with Crippen molar-refractivity contribution in [2.45, 2.75) is 19.3 Å². The van der Waals surface area contributed by atoms with Crippen molar-refractivity contribution in [2.24, 2.45) is 0 Å². The summed E-state index contributed by atoms with van der Waals surface area (Å²) in [4.78, 5) is 4.31. The second-order valence-electron chi connectivity index (χ2n) is 3.36. The average Bonchev–Trinajstić information content (AvgIpc) is 2.68. The van der Waals surface area contributed by atoms with Gasteiger partial charge in [0.15, 0.2) is 0 Å². The molecular weight excluding hydrogens is 254 g/mol. The Morgan fingerprint density at radius 2 is 2.07 bits per heavy atom. The molecule has 1 atom stereocenters. The first kappa shape index (κ1) is 10.4. The summed E-state index contributed by atoms with van der Waals surface area (Å²) < 4.78 is 0.617. The molecule has 78 valence electrons. The molecule has 0 saturated carbocycles. The van der Waals surface area contributed by atoms with E-state index in [1.807, 2.05) is 18.2 Å². The number of aromatic nitrogens is 3. The van der Waals surface area contributed by atoms with Crippen LogP contribution >= 0.6 is 15.9 Å². The van der Waals surface area contributed by atoms with Gasteiger partial charge in [-0.2, -0.15) is 0 Å². The minimum Gasteiger partial charge on any atom is -0.262 e. The summed E-state index contributed by atoms with van der Waals surface area (Å²) in [5.41, 5.74) is 1.27. The number of nitrogens with zero attached hydrogens (tertiary/aromatic N) is 2. The summed E-state index contributed by atoms with van der Waals surface area (Å²) in [6.45, 7) is 2.15. The fourth-order valence-electron chi connectivity index (χ4n) is 1.68. The molecule has 0 spiro atoms. The normalized spacial score (nSPS) is 12.7. The van der Waals surface area contributed by atoms with Crippen molar-refractivity contribution in [2.75, 3.05) is 0 Å². The molecule has 0 bridgehead atoms. The predicted molar refractivity (Wildman–Crippen MR) is 62.7 cm³/mol. The molecule has 2 aromatic rings. The molecule has 0 radical (unpaired) electrons. The van der Waals surface area contributed by atoms with E-state index >= 15 is 0 Å². The molecule has 1 aromatic carbocycles. The zero-order valence-electron chi connectivity index (χ0n) is 8.44. The maximum Gasteiger partial charge on any atom is 0.217 e. The molecule has 0 aliphatic heterocycles. The van der Waals surface area contributed by atoms with Crippen LogP contribution in [0.15, 0.2) is 35.1 Å². The monoisotopic (exact) mass is 265 g/mol. The third-order valence-electron chi connectivity index (χ3n) is 2.42. The molecule has 4 heteroatoms. The van der Waals surface area contributed by atoms with Gasteiger partial charge in [-0.15, -0.1) is 5.10 Å². The number of halogens is 1. The first-order valence-electron chi connectivity index (χ1n) is 4.94. The van der Waals surface area contributed by atoms with Crippen LogP contribution in [0, 0.1) is 0 Å². The zero-order chi connectivity index (χ0) is 10.7. The van der Waals surface area contributed by atoms with Gasteiger partial charge in [0.2, 0.25) is 4.73 Å². The van der Waals surface area contributed by atoms with Crippen molar-refractivity contribution in [3.05, 3.63) is 46.5 Å². The van der Waals surface area contributed by atoms with E-state index in [4.69, 9.17) is 0 Å². The van der Waals surface area contributed by atoms with Gasteiger partial charge in [0.1, 0.15) is 5.82 Å². The smallest absolute Gasteiger partial charge is 0.217 e. The van der Waals surface area contributed by atoms with E-state index < -0.39 is 0 Å². The van der Waals surface area contributed by atoms with Gasteiger partial charge in [-0.05, 0) is 27.9 Å². The van der Waals surface area contributed by atoms with Crippen LogP contribution in [0.4, 0.5) is 0 Å². The summed E-state index contributed by atoms with van der Waals surface area (Å²) in [6, 6.07) is 10.3. The van der Waals surface area contributed by atoms with Crippen molar-refractivity contribution < 1.29 is 0 Å². The lowest BCUT2D eigenvalue weighted by atomic mass is 9.96. The van der Waals surface area contributed by atoms with Crippen molar-refractivity contribution in [3.63, 3.8) is 0 Å². The van der Waals surface area contributed by atoms with E-state index in [1.165, 1.54) is 5.56 Å². The third kappa shape index (κ3) is 2.26. The van der Waals surface area contributed by atoms with Crippen LogP contribution < -0.4 is 0 Å². The highest BCUT2D eigenvalue weighted by atomic mass is 79.9. The van der Waals surface area contributed by atoms with Gasteiger partial charge < -0.3 is 0 Å². The summed E-state index contributed by atoms with van der Waals surface area (Å²) in [7, 11) is 0. The van der Waals surface area contributed by atoms with Gasteiger partial charge in [0.25, 0.3) is 0 Å². The van der Waals surface area contributed by atoms with Crippen molar-refractivity contribution >= 4 is 15.9 Å². The fourth-order valence-corrected chi connectivity index (χ4v) is 1.96. The van der Waals surface area contributed by atoms with E-state index in [1.54, 1.807) is 0 Å². The van der Waals surface area contributed by atoms with Gasteiger partial charge in [-0.1, -0.05) is 37.3 Å². The number of H-pyrrole nitrogens is 1. The standard InChI is InChI=1S/C11H12BrN3/c1-2-9(8-6-4-3-5-7-8)10-13-11(12)15-14-10/h3-7,9H,2H2,1H3,(H,13,14,15). The highest BCUT2D eigenvalue weighted by Gasteiger charge is 2.15. The Labute approximate surface area is 97.1 Å². The Balaban J connectivity index is 2.33. The largest absolute Gasteiger partial charge is 0.262 e. The van der Waals surface area contributed by atoms with Gasteiger partial charge in [-0.3, -0.25) is 5.10 Å². The predicted octanol–water partition coefficient (Wildman–Crippen LogP) is 3.11. The molecule has 2 rings (SSSR count). The molecule has 3 nitrogen and oxygen atoms in total. The molecule has 0 fully saturated rings. The average molecular weight is 266 g/mol. The number of nitrogens with one attached hydrogen (secondary N) is 1. The lowest BCUT2D eigenvalue weighted by Crippen LogP contribution is -2.01. The molecule has 0 saturated heterocycles. The Bertz CT molecular complexity index is 424. The fraction of sp³-hybridized carbons (Fsp3) is 0.273. The van der Waals surface area contributed by atoms with Crippen molar-refractivity contribution in [3.8, 4) is 0 Å². The molecule has 1 N–H and O–H groups in total. The lowest BCUT2D eigenvalue weighted by Gasteiger charge is -2.11. The van der Waals surface area contributed by atoms with E-state index in [0.717, 1.165) is 12.2 Å². The van der Waals surface area contributed by atoms with Crippen LogP contribution in [-0.2, 0) is 0 Å². The minimum atomic E-state index is 0.296. The molecule has 1 unspecified atom stereocenters. The lowest BCUT2D eigenvalue weighted by molar-refractivity contribution is 0.721. The Morgan fingerprint density at radius 1 is 1.33 bits per heavy atom. The molecule has 1 aromatic heterocycles. The second kappa shape index (κ2) is 4.57. The molecule has 15 heavy (non-hydrogen) atoms. The molecule has 0 aliphatic rings. The van der Waals surface area contributed by atoms with E-state index in [2.05, 4.69) is 50.2 Å². The van der Waals surface area contributed by atoms with E-state index in [9.17, 15) is 0 Å². The second-order valence-corrected chi connectivity index (χ2v) is 4.07. The first-order valence-corrected chi connectivity index (χ1v) is 5.73. The highest BCUT2D eigenvalue weighted by molar-refractivity contribution is 9.10. The van der Waals surface area contributed by atoms with Gasteiger partial charge >= 0.3 is 0 Å². The summed E-state index contributed by atoms with van der Waals surface area (Å²) in [5, 5.41) is 6.94. The number of rotatable bonds is 3. The van der Waals surface area contributed by atoms with Crippen LogP contribution in [0.1, 0.15) is 30.7 Å². The molecular formula is C11H12BrN3. The summed E-state index contributed by atoms with van der Waals surface area (Å²) >= 11 is 3.25. The van der Waals surface area contributed by atoms with Crippen LogP contribution in [0.2, 0.25) is 0 Å². The van der Waals surface area contributed by atoms with Gasteiger partial charge in [-0.25, -0.2) is 4.98 Å². The van der Waals surface area contributed by atoms with Crippen LogP contribution in [0.3, 0.4) is 0 Å². The van der Waals surface area contributed by atoms with Gasteiger partial charge in [0, 0.05) is 5.92 Å². The van der Waals surface area contributed by atoms with Crippen molar-refractivity contribution in [1.29, 1.82) is 0 Å². The number of benzene rings is 1. The first-order chi connectivity index (χ1) is 7.31. The van der Waals surface area contributed by atoms with E-state index in [0.29, 0.717) is 10.7 Å². The Hall–Kier alpha value is -1.16. The Morgan fingerprint density at radius 3 is 2.60 bits per heavy atom. The number of aromatic amines is 1. The summed E-state index contributed by atoms with van der Waals surface area (Å²) in [5.74, 6) is 1.21. The molecule has 0 amide bonds. The maximum atomic E-state index is 4.31. The summed E-state index contributed by atoms with van der Waals surface area (Å²) in [6.07, 6.45) is 1.01.